The van der Waals surface area contributed by atoms with Crippen molar-refractivity contribution in [3.05, 3.63) is 16.1 Å². The van der Waals surface area contributed by atoms with Crippen molar-refractivity contribution in [1.29, 1.82) is 0 Å². The number of aromatic nitrogens is 1. The first kappa shape index (κ1) is 11.7. The summed E-state index contributed by atoms with van der Waals surface area (Å²) in [6.45, 7) is 0. The van der Waals surface area contributed by atoms with Gasteiger partial charge in [0.2, 0.25) is 0 Å². The van der Waals surface area contributed by atoms with Gasteiger partial charge in [-0.25, -0.2) is 13.4 Å². The van der Waals surface area contributed by atoms with E-state index in [0.29, 0.717) is 5.92 Å². The Hall–Kier alpha value is -0.420. The average molecular weight is 271 g/mol. The van der Waals surface area contributed by atoms with Gasteiger partial charge in [0.15, 0.2) is 9.84 Å². The highest BCUT2D eigenvalue weighted by Crippen LogP contribution is 2.52. The summed E-state index contributed by atoms with van der Waals surface area (Å²) in [5.74, 6) is 2.43. The molecule has 17 heavy (non-hydrogen) atoms. The molecule has 2 aliphatic carbocycles. The fourth-order valence-electron chi connectivity index (χ4n) is 3.39. The quantitative estimate of drug-likeness (QED) is 0.849. The van der Waals surface area contributed by atoms with Crippen molar-refractivity contribution < 1.29 is 8.42 Å². The Morgan fingerprint density at radius 2 is 2.24 bits per heavy atom. The monoisotopic (exact) mass is 271 g/mol. The van der Waals surface area contributed by atoms with E-state index in [0.717, 1.165) is 22.5 Å². The van der Waals surface area contributed by atoms with E-state index in [1.165, 1.54) is 43.3 Å². The van der Waals surface area contributed by atoms with Crippen LogP contribution in [0.3, 0.4) is 0 Å². The van der Waals surface area contributed by atoms with Crippen LogP contribution in [0.1, 0.15) is 42.3 Å². The van der Waals surface area contributed by atoms with Crippen molar-refractivity contribution in [1.82, 2.24) is 4.98 Å². The minimum Gasteiger partial charge on any atom is -0.245 e. The lowest BCUT2D eigenvalue weighted by Crippen LogP contribution is -2.09. The molecule has 0 aromatic carbocycles. The molecule has 3 nitrogen and oxygen atoms in total. The van der Waals surface area contributed by atoms with E-state index in [1.807, 2.05) is 0 Å². The van der Waals surface area contributed by atoms with Crippen molar-refractivity contribution in [2.75, 3.05) is 6.26 Å². The second-order valence-corrected chi connectivity index (χ2v) is 8.60. The molecular weight excluding hydrogens is 254 g/mol. The molecule has 0 N–H and O–H groups in total. The van der Waals surface area contributed by atoms with Gasteiger partial charge in [0, 0.05) is 17.6 Å². The maximum Gasteiger partial charge on any atom is 0.153 e. The number of sulfone groups is 1. The Morgan fingerprint density at radius 1 is 1.41 bits per heavy atom. The van der Waals surface area contributed by atoms with Crippen LogP contribution in [-0.4, -0.2) is 19.7 Å². The molecule has 2 aliphatic rings. The minimum absolute atomic E-state index is 0.0957. The van der Waals surface area contributed by atoms with Gasteiger partial charge in [-0.15, -0.1) is 11.3 Å². The first-order chi connectivity index (χ1) is 8.01. The van der Waals surface area contributed by atoms with Crippen LogP contribution in [0.4, 0.5) is 0 Å². The van der Waals surface area contributed by atoms with Gasteiger partial charge >= 0.3 is 0 Å². The highest BCUT2D eigenvalue weighted by atomic mass is 32.2. The maximum absolute atomic E-state index is 11.2. The van der Waals surface area contributed by atoms with E-state index in [9.17, 15) is 8.42 Å². The summed E-state index contributed by atoms with van der Waals surface area (Å²) in [6, 6.07) is 0. The number of thiazole rings is 1. The SMILES string of the molecule is CS(=O)(=O)Cc1nc(C2CC3CCC2C3)cs1. The largest absolute Gasteiger partial charge is 0.245 e. The van der Waals surface area contributed by atoms with E-state index < -0.39 is 9.84 Å². The lowest BCUT2D eigenvalue weighted by molar-refractivity contribution is 0.414. The zero-order chi connectivity index (χ0) is 12.0. The lowest BCUT2D eigenvalue weighted by atomic mass is 9.87. The van der Waals surface area contributed by atoms with Crippen LogP contribution in [0, 0.1) is 11.8 Å². The third-order valence-corrected chi connectivity index (χ3v) is 5.92. The molecule has 0 aliphatic heterocycles. The first-order valence-electron chi connectivity index (χ1n) is 6.13. The van der Waals surface area contributed by atoms with E-state index in [1.54, 1.807) is 0 Å². The Bertz CT molecular complexity index is 520. The van der Waals surface area contributed by atoms with E-state index in [2.05, 4.69) is 10.4 Å². The second kappa shape index (κ2) is 4.05. The molecule has 0 amide bonds. The van der Waals surface area contributed by atoms with Gasteiger partial charge in [0.25, 0.3) is 0 Å². The smallest absolute Gasteiger partial charge is 0.153 e. The van der Waals surface area contributed by atoms with Gasteiger partial charge in [-0.1, -0.05) is 6.42 Å². The van der Waals surface area contributed by atoms with Crippen LogP contribution in [-0.2, 0) is 15.6 Å². The zero-order valence-corrected chi connectivity index (χ0v) is 11.6. The molecule has 5 heteroatoms. The highest BCUT2D eigenvalue weighted by molar-refractivity contribution is 7.90. The number of hydrogen-bond acceptors (Lipinski definition) is 4. The normalized spacial score (nSPS) is 32.2. The maximum atomic E-state index is 11.2. The van der Waals surface area contributed by atoms with Gasteiger partial charge in [0.1, 0.15) is 10.8 Å². The van der Waals surface area contributed by atoms with Crippen LogP contribution in [0.15, 0.2) is 5.38 Å². The van der Waals surface area contributed by atoms with Crippen LogP contribution in [0.5, 0.6) is 0 Å². The minimum atomic E-state index is -2.95. The van der Waals surface area contributed by atoms with Crippen molar-refractivity contribution in [2.45, 2.75) is 37.4 Å². The molecule has 0 radical (unpaired) electrons. The average Bonchev–Trinajstić information content (AvgIpc) is 2.87. The summed E-state index contributed by atoms with van der Waals surface area (Å²) < 4.78 is 22.5. The molecule has 2 bridgehead atoms. The van der Waals surface area contributed by atoms with Crippen LogP contribution >= 0.6 is 11.3 Å². The van der Waals surface area contributed by atoms with Crippen LogP contribution in [0.25, 0.3) is 0 Å². The standard InChI is InChI=1S/C12H17NO2S2/c1-17(14,15)7-12-13-11(6-16-12)10-5-8-2-3-9(10)4-8/h6,8-10H,2-5,7H2,1H3. The summed E-state index contributed by atoms with van der Waals surface area (Å²) >= 11 is 1.50. The van der Waals surface area contributed by atoms with Gasteiger partial charge in [-0.3, -0.25) is 0 Å². The second-order valence-electron chi connectivity index (χ2n) is 5.52. The number of hydrogen-bond donors (Lipinski definition) is 0. The van der Waals surface area contributed by atoms with Crippen molar-refractivity contribution >= 4 is 21.2 Å². The molecule has 0 saturated heterocycles. The van der Waals surface area contributed by atoms with Crippen molar-refractivity contribution in [3.8, 4) is 0 Å². The van der Waals surface area contributed by atoms with Gasteiger partial charge < -0.3 is 0 Å². The van der Waals surface area contributed by atoms with Crippen molar-refractivity contribution in [2.24, 2.45) is 11.8 Å². The Morgan fingerprint density at radius 3 is 2.82 bits per heavy atom. The van der Waals surface area contributed by atoms with E-state index in [-0.39, 0.29) is 5.75 Å². The lowest BCUT2D eigenvalue weighted by Gasteiger charge is -2.19. The molecule has 1 aromatic heterocycles. The molecule has 3 atom stereocenters. The molecule has 0 spiro atoms. The highest BCUT2D eigenvalue weighted by Gasteiger charge is 2.41. The predicted octanol–water partition coefficient (Wildman–Crippen LogP) is 2.59. The summed E-state index contributed by atoms with van der Waals surface area (Å²) in [4.78, 5) is 4.54. The van der Waals surface area contributed by atoms with Crippen LogP contribution in [0.2, 0.25) is 0 Å². The molecule has 1 heterocycles. The fraction of sp³-hybridized carbons (Fsp3) is 0.750. The molecular formula is C12H17NO2S2. The Kier molecular flexibility index (Phi) is 2.78. The third-order valence-electron chi connectivity index (χ3n) is 4.07. The first-order valence-corrected chi connectivity index (χ1v) is 9.07. The molecule has 2 saturated carbocycles. The zero-order valence-electron chi connectivity index (χ0n) is 9.93. The number of nitrogens with zero attached hydrogens (tertiary/aromatic N) is 1. The number of fused-ring (bicyclic) bond motifs is 2. The van der Waals surface area contributed by atoms with Crippen LogP contribution < -0.4 is 0 Å². The molecule has 94 valence electrons. The Labute approximate surface area is 106 Å². The van der Waals surface area contributed by atoms with E-state index >= 15 is 0 Å². The molecule has 3 rings (SSSR count). The fourth-order valence-corrected chi connectivity index (χ4v) is 5.46. The summed E-state index contributed by atoms with van der Waals surface area (Å²) in [5.41, 5.74) is 1.15. The van der Waals surface area contributed by atoms with Gasteiger partial charge in [0.05, 0.1) is 5.69 Å². The molecule has 1 aromatic rings. The molecule has 2 fully saturated rings. The Balaban J connectivity index is 1.77. The van der Waals surface area contributed by atoms with E-state index in [4.69, 9.17) is 0 Å². The summed E-state index contributed by atoms with van der Waals surface area (Å²) in [7, 11) is -2.95. The van der Waals surface area contributed by atoms with Gasteiger partial charge in [-0.05, 0) is 31.1 Å². The summed E-state index contributed by atoms with van der Waals surface area (Å²) in [6.07, 6.45) is 6.64. The predicted molar refractivity (Wildman–Crippen MR) is 68.9 cm³/mol. The topological polar surface area (TPSA) is 47.0 Å². The van der Waals surface area contributed by atoms with Gasteiger partial charge in [-0.2, -0.15) is 0 Å². The molecule has 3 unspecified atom stereocenters. The van der Waals surface area contributed by atoms with Crippen molar-refractivity contribution in [3.63, 3.8) is 0 Å². The summed E-state index contributed by atoms with van der Waals surface area (Å²) in [5, 5.41) is 2.83. The number of rotatable bonds is 3. The third kappa shape index (κ3) is 2.40.